The summed E-state index contributed by atoms with van der Waals surface area (Å²) in [5.41, 5.74) is 3.02. The lowest BCUT2D eigenvalue weighted by molar-refractivity contribution is -0.385. The number of nitro groups is 1. The molecule has 2 aromatic rings. The molecule has 1 aromatic heterocycles. The van der Waals surface area contributed by atoms with E-state index in [-0.39, 0.29) is 5.69 Å². The summed E-state index contributed by atoms with van der Waals surface area (Å²) in [6, 6.07) is 7.63. The molecule has 0 atom stereocenters. The van der Waals surface area contributed by atoms with Gasteiger partial charge in [-0.2, -0.15) is 5.10 Å². The third-order valence-corrected chi connectivity index (χ3v) is 2.77. The van der Waals surface area contributed by atoms with Gasteiger partial charge in [0.1, 0.15) is 11.5 Å². The smallest absolute Gasteiger partial charge is 0.272 e. The minimum atomic E-state index is -0.492. The Labute approximate surface area is 120 Å². The Bertz CT molecular complexity index is 719. The molecule has 1 N–H and O–H groups in total. The fraction of sp³-hybridized carbons (Fsp3) is 0.143. The Balaban J connectivity index is 2.05. The molecule has 0 spiro atoms. The fourth-order valence-electron chi connectivity index (χ4n) is 1.74. The summed E-state index contributed by atoms with van der Waals surface area (Å²) < 4.78 is 5.26. The largest absolute Gasteiger partial charge is 0.460 e. The molecule has 0 saturated carbocycles. The molecule has 0 aliphatic heterocycles. The number of nitro benzene ring substituents is 1. The quantitative estimate of drug-likeness (QED) is 0.530. The molecule has 0 radical (unpaired) electrons. The highest BCUT2D eigenvalue weighted by atomic mass is 16.6. The van der Waals surface area contributed by atoms with Gasteiger partial charge in [0.05, 0.1) is 11.1 Å². The Morgan fingerprint density at radius 2 is 2.10 bits per heavy atom. The van der Waals surface area contributed by atoms with E-state index in [1.807, 2.05) is 0 Å². The Morgan fingerprint density at radius 3 is 2.67 bits per heavy atom. The summed E-state index contributed by atoms with van der Waals surface area (Å²) in [5.74, 6) is 0.814. The Hall–Kier alpha value is -2.96. The molecule has 108 valence electrons. The van der Waals surface area contributed by atoms with Crippen LogP contribution in [0.3, 0.4) is 0 Å². The zero-order valence-electron chi connectivity index (χ0n) is 11.5. The molecule has 0 bridgehead atoms. The Kier molecular flexibility index (Phi) is 4.13. The number of furan rings is 1. The van der Waals surface area contributed by atoms with E-state index in [0.717, 1.165) is 5.76 Å². The monoisotopic (exact) mass is 287 g/mol. The van der Waals surface area contributed by atoms with Crippen molar-refractivity contribution in [3.63, 3.8) is 0 Å². The van der Waals surface area contributed by atoms with E-state index in [9.17, 15) is 14.9 Å². The van der Waals surface area contributed by atoms with E-state index < -0.39 is 10.8 Å². The topological polar surface area (TPSA) is 97.7 Å². The minimum Gasteiger partial charge on any atom is -0.460 e. The maximum Gasteiger partial charge on any atom is 0.272 e. The van der Waals surface area contributed by atoms with Crippen molar-refractivity contribution in [2.75, 3.05) is 0 Å². The van der Waals surface area contributed by atoms with E-state index in [4.69, 9.17) is 4.42 Å². The summed E-state index contributed by atoms with van der Waals surface area (Å²) in [7, 11) is 0. The van der Waals surface area contributed by atoms with Gasteiger partial charge in [-0.3, -0.25) is 14.9 Å². The normalized spacial score (nSPS) is 10.8. The van der Waals surface area contributed by atoms with Gasteiger partial charge in [-0.15, -0.1) is 0 Å². The fourth-order valence-corrected chi connectivity index (χ4v) is 1.74. The first kappa shape index (κ1) is 14.4. The highest BCUT2D eigenvalue weighted by Crippen LogP contribution is 2.18. The van der Waals surface area contributed by atoms with Crippen LogP contribution in [0.2, 0.25) is 0 Å². The van der Waals surface area contributed by atoms with Crippen LogP contribution >= 0.6 is 0 Å². The molecule has 0 unspecified atom stereocenters. The second-order valence-electron chi connectivity index (χ2n) is 4.41. The number of hydrazone groups is 1. The zero-order chi connectivity index (χ0) is 15.4. The predicted octanol–water partition coefficient (Wildman–Crippen LogP) is 2.57. The number of nitrogens with zero attached hydrogens (tertiary/aromatic N) is 2. The summed E-state index contributed by atoms with van der Waals surface area (Å²) in [5, 5.41) is 14.5. The molecule has 0 aliphatic carbocycles. The van der Waals surface area contributed by atoms with Gasteiger partial charge < -0.3 is 4.42 Å². The number of nitrogens with one attached hydrogen (secondary N) is 1. The Morgan fingerprint density at radius 1 is 1.33 bits per heavy atom. The molecule has 7 nitrogen and oxygen atoms in total. The second-order valence-corrected chi connectivity index (χ2v) is 4.41. The van der Waals surface area contributed by atoms with Crippen LogP contribution < -0.4 is 5.43 Å². The molecule has 1 heterocycles. The number of benzene rings is 1. The van der Waals surface area contributed by atoms with Crippen LogP contribution in [0.4, 0.5) is 5.69 Å². The van der Waals surface area contributed by atoms with Crippen molar-refractivity contribution in [1.29, 1.82) is 0 Å². The second kappa shape index (κ2) is 6.00. The van der Waals surface area contributed by atoms with Gasteiger partial charge in [0.2, 0.25) is 0 Å². The van der Waals surface area contributed by atoms with Crippen LogP contribution in [0.25, 0.3) is 0 Å². The standard InChI is InChI=1S/C14H13N3O4/c1-9-7-11(4-6-13(9)17(19)20)14(18)16-15-8-12-5-3-10(2)21-12/h3-8H,1-2H3,(H,16,18)/b15-8-. The summed E-state index contributed by atoms with van der Waals surface area (Å²) in [6.07, 6.45) is 1.38. The van der Waals surface area contributed by atoms with Crippen LogP contribution in [0.5, 0.6) is 0 Å². The molecule has 0 saturated heterocycles. The van der Waals surface area contributed by atoms with Crippen LogP contribution in [-0.2, 0) is 0 Å². The van der Waals surface area contributed by atoms with Crippen molar-refractivity contribution >= 4 is 17.8 Å². The SMILES string of the molecule is Cc1ccc(/C=N\NC(=O)c2ccc([N+](=O)[O-])c(C)c2)o1. The van der Waals surface area contributed by atoms with Crippen LogP contribution in [-0.4, -0.2) is 17.0 Å². The first-order valence-electron chi connectivity index (χ1n) is 6.12. The van der Waals surface area contributed by atoms with Crippen LogP contribution in [0.15, 0.2) is 39.9 Å². The first-order chi connectivity index (χ1) is 9.97. The molecule has 0 aliphatic rings. The van der Waals surface area contributed by atoms with Gasteiger partial charge in [0.25, 0.3) is 11.6 Å². The average Bonchev–Trinajstić information content (AvgIpc) is 2.83. The number of hydrogen-bond acceptors (Lipinski definition) is 5. The molecule has 0 fully saturated rings. The van der Waals surface area contributed by atoms with Gasteiger partial charge in [-0.05, 0) is 38.1 Å². The van der Waals surface area contributed by atoms with Crippen LogP contribution in [0, 0.1) is 24.0 Å². The maximum atomic E-state index is 11.8. The third-order valence-electron chi connectivity index (χ3n) is 2.77. The van der Waals surface area contributed by atoms with Gasteiger partial charge in [-0.1, -0.05) is 0 Å². The van der Waals surface area contributed by atoms with Crippen molar-refractivity contribution < 1.29 is 14.1 Å². The van der Waals surface area contributed by atoms with Gasteiger partial charge in [0.15, 0.2) is 0 Å². The number of aryl methyl sites for hydroxylation is 2. The van der Waals surface area contributed by atoms with Gasteiger partial charge >= 0.3 is 0 Å². The molecular formula is C14H13N3O4. The third kappa shape index (κ3) is 3.53. The number of carbonyl (C=O) groups is 1. The lowest BCUT2D eigenvalue weighted by Gasteiger charge is -2.01. The van der Waals surface area contributed by atoms with Crippen molar-refractivity contribution in [2.24, 2.45) is 5.10 Å². The van der Waals surface area contributed by atoms with Crippen molar-refractivity contribution in [3.05, 3.63) is 63.1 Å². The first-order valence-corrected chi connectivity index (χ1v) is 6.12. The highest BCUT2D eigenvalue weighted by molar-refractivity contribution is 5.95. The van der Waals surface area contributed by atoms with Gasteiger partial charge in [0, 0.05) is 17.2 Å². The van der Waals surface area contributed by atoms with E-state index >= 15 is 0 Å². The lowest BCUT2D eigenvalue weighted by Crippen LogP contribution is -2.17. The molecule has 21 heavy (non-hydrogen) atoms. The average molecular weight is 287 g/mol. The number of amides is 1. The summed E-state index contributed by atoms with van der Waals surface area (Å²) in [4.78, 5) is 22.1. The van der Waals surface area contributed by atoms with Crippen molar-refractivity contribution in [1.82, 2.24) is 5.43 Å². The molecule has 1 aromatic carbocycles. The minimum absolute atomic E-state index is 0.0267. The molecule has 2 rings (SSSR count). The van der Waals surface area contributed by atoms with Crippen molar-refractivity contribution in [2.45, 2.75) is 13.8 Å². The van der Waals surface area contributed by atoms with Gasteiger partial charge in [-0.25, -0.2) is 5.43 Å². The molecule has 7 heteroatoms. The zero-order valence-corrected chi connectivity index (χ0v) is 11.5. The molecule has 1 amide bonds. The van der Waals surface area contributed by atoms with E-state index in [0.29, 0.717) is 16.9 Å². The van der Waals surface area contributed by atoms with Crippen LogP contribution in [0.1, 0.15) is 27.4 Å². The van der Waals surface area contributed by atoms with E-state index in [1.54, 1.807) is 26.0 Å². The van der Waals surface area contributed by atoms with E-state index in [1.165, 1.54) is 24.4 Å². The highest BCUT2D eigenvalue weighted by Gasteiger charge is 2.13. The lowest BCUT2D eigenvalue weighted by atomic mass is 10.1. The maximum absolute atomic E-state index is 11.8. The van der Waals surface area contributed by atoms with Crippen molar-refractivity contribution in [3.8, 4) is 0 Å². The number of rotatable bonds is 4. The number of carbonyl (C=O) groups excluding carboxylic acids is 1. The number of hydrogen-bond donors (Lipinski definition) is 1. The summed E-state index contributed by atoms with van der Waals surface area (Å²) in [6.45, 7) is 3.37. The molecular weight excluding hydrogens is 274 g/mol. The summed E-state index contributed by atoms with van der Waals surface area (Å²) >= 11 is 0. The predicted molar refractivity (Wildman–Crippen MR) is 76.3 cm³/mol. The van der Waals surface area contributed by atoms with E-state index in [2.05, 4.69) is 10.5 Å².